The van der Waals surface area contributed by atoms with Gasteiger partial charge in [0.1, 0.15) is 5.82 Å². The minimum Gasteiger partial charge on any atom is -0.321 e. The van der Waals surface area contributed by atoms with E-state index < -0.39 is 0 Å². The van der Waals surface area contributed by atoms with Gasteiger partial charge < -0.3 is 9.47 Å². The highest BCUT2D eigenvalue weighted by Gasteiger charge is 2.29. The summed E-state index contributed by atoms with van der Waals surface area (Å²) in [5.74, 6) is 0.270. The number of hydrogen-bond acceptors (Lipinski definition) is 3. The lowest BCUT2D eigenvalue weighted by Crippen LogP contribution is -2.40. The number of nitrogens with zero attached hydrogens (tertiary/aromatic N) is 3. The summed E-state index contributed by atoms with van der Waals surface area (Å²) in [6.45, 7) is 0.686. The van der Waals surface area contributed by atoms with Crippen LogP contribution < -0.4 is 10.9 Å². The van der Waals surface area contributed by atoms with Crippen LogP contribution in [0.25, 0.3) is 0 Å². The van der Waals surface area contributed by atoms with E-state index in [4.69, 9.17) is 11.6 Å². The van der Waals surface area contributed by atoms with E-state index in [0.717, 1.165) is 29.8 Å². The molecule has 0 bridgehead atoms. The van der Waals surface area contributed by atoms with Gasteiger partial charge in [-0.05, 0) is 30.9 Å². The van der Waals surface area contributed by atoms with Crippen molar-refractivity contribution >= 4 is 23.4 Å². The van der Waals surface area contributed by atoms with Crippen LogP contribution in [0.5, 0.6) is 0 Å². The molecule has 1 aromatic heterocycles. The molecule has 1 aromatic carbocycles. The number of benzene rings is 1. The molecule has 2 amide bonds. The number of nitrogens with one attached hydrogen (secondary N) is 1. The molecule has 0 aliphatic carbocycles. The number of aryl methyl sites for hydroxylation is 1. The first-order valence-electron chi connectivity index (χ1n) is 7.88. The molecule has 126 valence electrons. The van der Waals surface area contributed by atoms with Crippen LogP contribution in [0.15, 0.2) is 41.5 Å². The van der Waals surface area contributed by atoms with E-state index in [1.807, 2.05) is 24.3 Å². The number of anilines is 1. The number of aromatic nitrogens is 2. The van der Waals surface area contributed by atoms with E-state index in [2.05, 4.69) is 10.3 Å². The quantitative estimate of drug-likeness (QED) is 0.929. The van der Waals surface area contributed by atoms with Gasteiger partial charge in [0.15, 0.2) is 0 Å². The van der Waals surface area contributed by atoms with Gasteiger partial charge in [0, 0.05) is 30.7 Å². The molecule has 1 aliphatic rings. The number of likely N-dealkylation sites (tertiary alicyclic amines) is 1. The van der Waals surface area contributed by atoms with Gasteiger partial charge in [-0.1, -0.05) is 29.8 Å². The molecule has 1 fully saturated rings. The van der Waals surface area contributed by atoms with E-state index in [0.29, 0.717) is 6.54 Å². The molecule has 2 aromatic rings. The molecule has 7 heteroatoms. The fraction of sp³-hybridized carbons (Fsp3) is 0.353. The summed E-state index contributed by atoms with van der Waals surface area (Å²) in [5, 5.41) is 3.43. The number of rotatable bonds is 3. The van der Waals surface area contributed by atoms with Crippen molar-refractivity contribution in [1.82, 2.24) is 14.5 Å². The second-order valence-electron chi connectivity index (χ2n) is 5.94. The van der Waals surface area contributed by atoms with E-state index >= 15 is 0 Å². The molecule has 3 rings (SSSR count). The van der Waals surface area contributed by atoms with Crippen LogP contribution in [-0.2, 0) is 13.5 Å². The highest BCUT2D eigenvalue weighted by Crippen LogP contribution is 2.25. The highest BCUT2D eigenvalue weighted by molar-refractivity contribution is 6.31. The summed E-state index contributed by atoms with van der Waals surface area (Å²) >= 11 is 6.23. The topological polar surface area (TPSA) is 67.2 Å². The minimum atomic E-state index is -0.231. The summed E-state index contributed by atoms with van der Waals surface area (Å²) in [5.41, 5.74) is 0.824. The van der Waals surface area contributed by atoms with Gasteiger partial charge in [0.05, 0.1) is 6.33 Å². The van der Waals surface area contributed by atoms with Crippen molar-refractivity contribution in [3.8, 4) is 0 Å². The van der Waals surface area contributed by atoms with Crippen LogP contribution in [-0.4, -0.2) is 33.1 Å². The molecule has 1 atom stereocenters. The number of carbonyl (C=O) groups is 1. The lowest BCUT2D eigenvalue weighted by atomic mass is 10.0. The van der Waals surface area contributed by atoms with Crippen molar-refractivity contribution in [3.05, 3.63) is 57.6 Å². The van der Waals surface area contributed by atoms with E-state index in [-0.39, 0.29) is 23.5 Å². The predicted octanol–water partition coefficient (Wildman–Crippen LogP) is 2.67. The molecule has 1 saturated heterocycles. The summed E-state index contributed by atoms with van der Waals surface area (Å²) in [7, 11) is 1.61. The lowest BCUT2D eigenvalue weighted by Gasteiger charge is -2.25. The summed E-state index contributed by atoms with van der Waals surface area (Å²) in [6, 6.07) is 8.87. The smallest absolute Gasteiger partial charge is 0.321 e. The Morgan fingerprint density at radius 1 is 1.42 bits per heavy atom. The Kier molecular flexibility index (Phi) is 4.85. The zero-order chi connectivity index (χ0) is 17.1. The van der Waals surface area contributed by atoms with Crippen LogP contribution in [0, 0.1) is 0 Å². The van der Waals surface area contributed by atoms with Crippen LogP contribution >= 0.6 is 11.6 Å². The van der Waals surface area contributed by atoms with Crippen molar-refractivity contribution in [1.29, 1.82) is 0 Å². The van der Waals surface area contributed by atoms with Gasteiger partial charge in [-0.3, -0.25) is 10.1 Å². The second kappa shape index (κ2) is 7.05. The van der Waals surface area contributed by atoms with Crippen LogP contribution in [0.4, 0.5) is 10.6 Å². The Balaban J connectivity index is 1.70. The average Bonchev–Trinajstić information content (AvgIpc) is 3.01. The molecule has 1 aliphatic heterocycles. The normalized spacial score (nSPS) is 17.1. The first kappa shape index (κ1) is 16.5. The maximum absolute atomic E-state index is 12.5. The van der Waals surface area contributed by atoms with E-state index in [1.165, 1.54) is 17.0 Å². The molecule has 2 heterocycles. The van der Waals surface area contributed by atoms with Crippen LogP contribution in [0.2, 0.25) is 5.02 Å². The Bertz CT molecular complexity index is 805. The van der Waals surface area contributed by atoms with Crippen LogP contribution in [0.3, 0.4) is 0 Å². The van der Waals surface area contributed by atoms with Gasteiger partial charge in [0.25, 0.3) is 5.56 Å². The first-order chi connectivity index (χ1) is 11.5. The SMILES string of the molecule is Cn1cnc(NC(=O)N2CCCC2Cc2ccccc2Cl)cc1=O. The lowest BCUT2D eigenvalue weighted by molar-refractivity contribution is 0.206. The number of urea groups is 1. The van der Waals surface area contributed by atoms with Crippen molar-refractivity contribution in [2.45, 2.75) is 25.3 Å². The van der Waals surface area contributed by atoms with Gasteiger partial charge in [-0.25, -0.2) is 9.78 Å². The average molecular weight is 347 g/mol. The zero-order valence-electron chi connectivity index (χ0n) is 13.4. The molecule has 0 spiro atoms. The molecule has 24 heavy (non-hydrogen) atoms. The summed E-state index contributed by atoms with van der Waals surface area (Å²) < 4.78 is 1.35. The highest BCUT2D eigenvalue weighted by atomic mass is 35.5. The summed E-state index contributed by atoms with van der Waals surface area (Å²) in [6.07, 6.45) is 4.00. The van der Waals surface area contributed by atoms with Crippen molar-refractivity contribution in [2.75, 3.05) is 11.9 Å². The zero-order valence-corrected chi connectivity index (χ0v) is 14.2. The third-order valence-corrected chi connectivity index (χ3v) is 4.63. The van der Waals surface area contributed by atoms with E-state index in [1.54, 1.807) is 11.9 Å². The van der Waals surface area contributed by atoms with E-state index in [9.17, 15) is 9.59 Å². The maximum Gasteiger partial charge on any atom is 0.323 e. The predicted molar refractivity (Wildman–Crippen MR) is 93.4 cm³/mol. The van der Waals surface area contributed by atoms with Crippen molar-refractivity contribution < 1.29 is 4.79 Å². The Labute approximate surface area is 145 Å². The molecular weight excluding hydrogens is 328 g/mol. The maximum atomic E-state index is 12.5. The number of hydrogen-bond donors (Lipinski definition) is 1. The summed E-state index contributed by atoms with van der Waals surface area (Å²) in [4.78, 5) is 30.0. The van der Waals surface area contributed by atoms with Gasteiger partial charge >= 0.3 is 6.03 Å². The van der Waals surface area contributed by atoms with Gasteiger partial charge in [-0.2, -0.15) is 0 Å². The molecular formula is C17H19ClN4O2. The van der Waals surface area contributed by atoms with Crippen LogP contribution in [0.1, 0.15) is 18.4 Å². The number of halogens is 1. The molecule has 1 N–H and O–H groups in total. The number of amides is 2. The monoisotopic (exact) mass is 346 g/mol. The fourth-order valence-corrected chi connectivity index (χ4v) is 3.16. The first-order valence-corrected chi connectivity index (χ1v) is 8.26. The third-order valence-electron chi connectivity index (χ3n) is 4.26. The molecule has 0 radical (unpaired) electrons. The second-order valence-corrected chi connectivity index (χ2v) is 6.35. The molecule has 6 nitrogen and oxygen atoms in total. The minimum absolute atomic E-state index is 0.0939. The van der Waals surface area contributed by atoms with Gasteiger partial charge in [0.2, 0.25) is 0 Å². The fourth-order valence-electron chi connectivity index (χ4n) is 2.94. The Morgan fingerprint density at radius 3 is 2.96 bits per heavy atom. The van der Waals surface area contributed by atoms with Gasteiger partial charge in [-0.15, -0.1) is 0 Å². The Hall–Kier alpha value is -2.34. The Morgan fingerprint density at radius 2 is 2.21 bits per heavy atom. The van der Waals surface area contributed by atoms with Crippen molar-refractivity contribution in [2.24, 2.45) is 7.05 Å². The van der Waals surface area contributed by atoms with Crippen molar-refractivity contribution in [3.63, 3.8) is 0 Å². The standard InChI is InChI=1S/C17H19ClN4O2/c1-21-11-19-15(10-16(21)23)20-17(24)22-8-4-6-13(22)9-12-5-2-3-7-14(12)18/h2-3,5,7,10-11,13H,4,6,8-9H2,1H3,(H,20,24). The molecule has 1 unspecified atom stereocenters. The largest absolute Gasteiger partial charge is 0.323 e. The third kappa shape index (κ3) is 3.59. The number of carbonyl (C=O) groups excluding carboxylic acids is 1. The molecule has 0 saturated carbocycles.